The van der Waals surface area contributed by atoms with Crippen LogP contribution in [0.2, 0.25) is 20.1 Å². The lowest BCUT2D eigenvalue weighted by molar-refractivity contribution is -0.0990. The first-order valence-corrected chi connectivity index (χ1v) is 11.9. The van der Waals surface area contributed by atoms with E-state index in [0.29, 0.717) is 17.8 Å². The lowest BCUT2D eigenvalue weighted by Crippen LogP contribution is -2.60. The average molecular weight is 475 g/mol. The summed E-state index contributed by atoms with van der Waals surface area (Å²) in [6, 6.07) is -0.173. The van der Waals surface area contributed by atoms with Crippen LogP contribution in [-0.2, 0) is 0 Å². The Kier molecular flexibility index (Phi) is 4.76. The molecule has 6 rings (SSSR count). The van der Waals surface area contributed by atoms with Crippen LogP contribution in [0.15, 0.2) is 0 Å². The van der Waals surface area contributed by atoms with Crippen molar-refractivity contribution in [3.05, 3.63) is 31.2 Å². The number of imide groups is 1. The van der Waals surface area contributed by atoms with Gasteiger partial charge >= 0.3 is 0 Å². The molecule has 0 spiro atoms. The highest BCUT2D eigenvalue weighted by molar-refractivity contribution is 6.55. The van der Waals surface area contributed by atoms with E-state index in [-0.39, 0.29) is 60.4 Å². The summed E-state index contributed by atoms with van der Waals surface area (Å²) in [5.74, 6) is 1.52. The zero-order valence-corrected chi connectivity index (χ0v) is 19.4. The molecule has 1 aliphatic heterocycles. The normalized spacial score (nSPS) is 33.8. The number of benzene rings is 1. The molecule has 0 N–H and O–H groups in total. The van der Waals surface area contributed by atoms with E-state index >= 15 is 0 Å². The Morgan fingerprint density at radius 3 is 1.48 bits per heavy atom. The Morgan fingerprint density at radius 2 is 1.14 bits per heavy atom. The Morgan fingerprint density at radius 1 is 0.759 bits per heavy atom. The maximum Gasteiger partial charge on any atom is 0.263 e. The predicted octanol–water partition coefficient (Wildman–Crippen LogP) is 7.14. The van der Waals surface area contributed by atoms with Crippen molar-refractivity contribution in [1.82, 2.24) is 4.90 Å². The highest BCUT2D eigenvalue weighted by atomic mass is 35.5. The van der Waals surface area contributed by atoms with Crippen LogP contribution in [0.5, 0.6) is 0 Å². The van der Waals surface area contributed by atoms with Gasteiger partial charge in [-0.1, -0.05) is 60.3 Å². The van der Waals surface area contributed by atoms with Gasteiger partial charge in [0.05, 0.1) is 31.2 Å². The second-order valence-electron chi connectivity index (χ2n) is 9.96. The minimum atomic E-state index is -0.384. The van der Waals surface area contributed by atoms with Gasteiger partial charge in [-0.2, -0.15) is 0 Å². The SMILES string of the molecule is CC(C)[C@@H](N1C(=O)c2c(Cl)c(Cl)c(Cl)c(Cl)c2C1=O)C12CC3CC(CC(C3)C1)C2. The first kappa shape index (κ1) is 20.4. The number of rotatable bonds is 3. The molecular formula is C22H23Cl4NO2. The molecule has 0 saturated heterocycles. The topological polar surface area (TPSA) is 37.4 Å². The molecule has 1 atom stereocenters. The maximum atomic E-state index is 13.5. The smallest absolute Gasteiger partial charge is 0.263 e. The molecule has 2 amide bonds. The van der Waals surface area contributed by atoms with Gasteiger partial charge in [0.1, 0.15) is 0 Å². The van der Waals surface area contributed by atoms with Crippen molar-refractivity contribution in [3.63, 3.8) is 0 Å². The van der Waals surface area contributed by atoms with Crippen LogP contribution in [0.1, 0.15) is 73.1 Å². The minimum Gasteiger partial charge on any atom is -0.270 e. The van der Waals surface area contributed by atoms with E-state index in [2.05, 4.69) is 13.8 Å². The zero-order chi connectivity index (χ0) is 20.8. The van der Waals surface area contributed by atoms with Gasteiger partial charge in [0.15, 0.2) is 0 Å². The van der Waals surface area contributed by atoms with Crippen molar-refractivity contribution in [2.75, 3.05) is 0 Å². The summed E-state index contributed by atoms with van der Waals surface area (Å²) in [5.41, 5.74) is 0.195. The van der Waals surface area contributed by atoms with Gasteiger partial charge in [-0.3, -0.25) is 14.5 Å². The van der Waals surface area contributed by atoms with Crippen LogP contribution < -0.4 is 0 Å². The van der Waals surface area contributed by atoms with E-state index in [9.17, 15) is 9.59 Å². The quantitative estimate of drug-likeness (QED) is 0.265. The molecule has 3 nitrogen and oxygen atoms in total. The molecule has 4 aliphatic carbocycles. The molecule has 4 fully saturated rings. The van der Waals surface area contributed by atoms with Gasteiger partial charge in [0.25, 0.3) is 11.8 Å². The fourth-order valence-electron chi connectivity index (χ4n) is 7.44. The molecule has 1 aromatic carbocycles. The van der Waals surface area contributed by atoms with E-state index < -0.39 is 0 Å². The van der Waals surface area contributed by atoms with E-state index in [0.717, 1.165) is 19.3 Å². The number of hydrogen-bond donors (Lipinski definition) is 0. The van der Waals surface area contributed by atoms with Crippen LogP contribution in [-0.4, -0.2) is 22.8 Å². The van der Waals surface area contributed by atoms with Gasteiger partial charge in [0, 0.05) is 6.04 Å². The number of hydrogen-bond acceptors (Lipinski definition) is 2. The van der Waals surface area contributed by atoms with Gasteiger partial charge in [-0.25, -0.2) is 0 Å². The van der Waals surface area contributed by atoms with E-state index in [1.807, 2.05) is 0 Å². The average Bonchev–Trinajstić information content (AvgIpc) is 2.88. The Labute approximate surface area is 191 Å². The van der Waals surface area contributed by atoms with E-state index in [4.69, 9.17) is 46.4 Å². The van der Waals surface area contributed by atoms with Crippen molar-refractivity contribution in [3.8, 4) is 0 Å². The molecule has 7 heteroatoms. The standard InChI is InChI=1S/C22H23Cl4NO2/c1-9(2)19(22-6-10-3-11(7-22)5-12(4-10)8-22)27-20(28)13-14(21(27)29)16(24)18(26)17(25)15(13)23/h9-12,19H,3-8H2,1-2H3/t10?,11?,12?,19-,22?/m1/s1. The summed E-state index contributed by atoms with van der Waals surface area (Å²) >= 11 is 25.1. The Balaban J connectivity index is 1.62. The van der Waals surface area contributed by atoms with Gasteiger partial charge in [-0.05, 0) is 67.6 Å². The van der Waals surface area contributed by atoms with Crippen molar-refractivity contribution >= 4 is 58.2 Å². The van der Waals surface area contributed by atoms with E-state index in [1.165, 1.54) is 24.2 Å². The van der Waals surface area contributed by atoms with Gasteiger partial charge in [-0.15, -0.1) is 0 Å². The molecule has 0 radical (unpaired) electrons. The second-order valence-corrected chi connectivity index (χ2v) is 11.5. The third-order valence-electron chi connectivity index (χ3n) is 7.76. The van der Waals surface area contributed by atoms with Crippen LogP contribution in [0, 0.1) is 29.1 Å². The van der Waals surface area contributed by atoms with Crippen LogP contribution in [0.4, 0.5) is 0 Å². The molecule has 1 heterocycles. The molecule has 156 valence electrons. The molecular weight excluding hydrogens is 452 g/mol. The number of carbonyl (C=O) groups excluding carboxylic acids is 2. The highest BCUT2D eigenvalue weighted by Gasteiger charge is 2.59. The molecule has 1 aromatic rings. The molecule has 4 saturated carbocycles. The molecule has 29 heavy (non-hydrogen) atoms. The van der Waals surface area contributed by atoms with Crippen molar-refractivity contribution in [2.24, 2.45) is 29.1 Å². The van der Waals surface area contributed by atoms with Crippen LogP contribution in [0.3, 0.4) is 0 Å². The second kappa shape index (κ2) is 6.76. The highest BCUT2D eigenvalue weighted by Crippen LogP contribution is 2.63. The lowest BCUT2D eigenvalue weighted by atomic mass is 9.46. The van der Waals surface area contributed by atoms with Crippen molar-refractivity contribution < 1.29 is 9.59 Å². The first-order chi connectivity index (χ1) is 13.6. The monoisotopic (exact) mass is 473 g/mol. The maximum absolute atomic E-state index is 13.5. The van der Waals surface area contributed by atoms with Crippen LogP contribution in [0.25, 0.3) is 0 Å². The summed E-state index contributed by atoms with van der Waals surface area (Å²) < 4.78 is 0. The summed E-state index contributed by atoms with van der Waals surface area (Å²) in [6.07, 6.45) is 7.19. The lowest BCUT2D eigenvalue weighted by Gasteiger charge is -2.61. The number of nitrogens with zero attached hydrogens (tertiary/aromatic N) is 1. The Hall–Kier alpha value is -0.480. The molecule has 5 aliphatic rings. The third-order valence-corrected chi connectivity index (χ3v) is 9.56. The number of amides is 2. The zero-order valence-electron chi connectivity index (χ0n) is 16.4. The van der Waals surface area contributed by atoms with Gasteiger partial charge < -0.3 is 0 Å². The number of halogens is 4. The Bertz CT molecular complexity index is 859. The number of carbonyl (C=O) groups is 2. The van der Waals surface area contributed by atoms with Crippen LogP contribution >= 0.6 is 46.4 Å². The minimum absolute atomic E-state index is 0.0111. The van der Waals surface area contributed by atoms with Crippen molar-refractivity contribution in [2.45, 2.75) is 58.4 Å². The summed E-state index contributed by atoms with van der Waals surface area (Å²) in [4.78, 5) is 28.5. The first-order valence-electron chi connectivity index (χ1n) is 10.4. The molecule has 4 bridgehead atoms. The molecule has 0 unspecified atom stereocenters. The van der Waals surface area contributed by atoms with Crippen molar-refractivity contribution in [1.29, 1.82) is 0 Å². The predicted molar refractivity (Wildman–Crippen MR) is 116 cm³/mol. The number of fused-ring (bicyclic) bond motifs is 1. The summed E-state index contributed by atoms with van der Waals surface area (Å²) in [5, 5.41) is 0.0850. The third kappa shape index (κ3) is 2.76. The fraction of sp³-hybridized carbons (Fsp3) is 0.636. The molecule has 0 aromatic heterocycles. The van der Waals surface area contributed by atoms with Gasteiger partial charge in [0.2, 0.25) is 0 Å². The summed E-state index contributed by atoms with van der Waals surface area (Å²) in [6.45, 7) is 4.21. The largest absolute Gasteiger partial charge is 0.270 e. The fourth-order valence-corrected chi connectivity index (χ4v) is 8.45. The summed E-state index contributed by atoms with van der Waals surface area (Å²) in [7, 11) is 0. The van der Waals surface area contributed by atoms with E-state index in [1.54, 1.807) is 0 Å².